The van der Waals surface area contributed by atoms with E-state index < -0.39 is 5.41 Å². The molecule has 0 saturated carbocycles. The van der Waals surface area contributed by atoms with Crippen LogP contribution in [0.1, 0.15) is 22.3 Å². The summed E-state index contributed by atoms with van der Waals surface area (Å²) in [6, 6.07) is 94.9. The van der Waals surface area contributed by atoms with E-state index in [4.69, 9.17) is 4.42 Å². The maximum atomic E-state index is 7.30. The Morgan fingerprint density at radius 3 is 1.61 bits per heavy atom. The molecule has 314 valence electrons. The van der Waals surface area contributed by atoms with E-state index >= 15 is 0 Å². The standard InChI is InChI=1S/C65H43NO/c1-5-18-44(19-6-1)50-41-58(47-21-7-2-8-22-47)63-59(42-50)57-29-17-31-62(64(57)67-63)66(53-36-34-46(35-37-53)49-33-32-45-20-13-14-23-48(45)40-49)54-38-39-56-55-28-15-16-30-60(55)65(61(56)43-54,51-24-9-3-10-25-51)52-26-11-4-12-27-52/h1-43H. The van der Waals surface area contributed by atoms with Gasteiger partial charge in [-0.1, -0.05) is 212 Å². The van der Waals surface area contributed by atoms with Gasteiger partial charge in [-0.25, -0.2) is 0 Å². The molecule has 2 nitrogen and oxygen atoms in total. The van der Waals surface area contributed by atoms with Crippen LogP contribution < -0.4 is 4.90 Å². The smallest absolute Gasteiger partial charge is 0.159 e. The topological polar surface area (TPSA) is 16.4 Å². The van der Waals surface area contributed by atoms with Crippen molar-refractivity contribution in [3.8, 4) is 44.5 Å². The van der Waals surface area contributed by atoms with Crippen LogP contribution in [0.3, 0.4) is 0 Å². The van der Waals surface area contributed by atoms with Crippen molar-refractivity contribution >= 4 is 49.8 Å². The number of hydrogen-bond acceptors (Lipinski definition) is 2. The van der Waals surface area contributed by atoms with Gasteiger partial charge >= 0.3 is 0 Å². The van der Waals surface area contributed by atoms with Gasteiger partial charge < -0.3 is 9.32 Å². The van der Waals surface area contributed by atoms with Crippen LogP contribution in [0, 0.1) is 0 Å². The van der Waals surface area contributed by atoms with E-state index in [1.165, 1.54) is 55.3 Å². The minimum absolute atomic E-state index is 0.556. The van der Waals surface area contributed by atoms with Crippen LogP contribution in [0.25, 0.3) is 77.2 Å². The number of hydrogen-bond donors (Lipinski definition) is 0. The van der Waals surface area contributed by atoms with E-state index in [1.54, 1.807) is 0 Å². The lowest BCUT2D eigenvalue weighted by Gasteiger charge is -2.35. The molecule has 0 spiro atoms. The summed E-state index contributed by atoms with van der Waals surface area (Å²) in [6.45, 7) is 0. The van der Waals surface area contributed by atoms with Gasteiger partial charge in [-0.3, -0.25) is 0 Å². The highest BCUT2D eigenvalue weighted by Gasteiger charge is 2.46. The van der Waals surface area contributed by atoms with Crippen molar-refractivity contribution in [2.24, 2.45) is 0 Å². The third-order valence-corrected chi connectivity index (χ3v) is 13.9. The summed E-state index contributed by atoms with van der Waals surface area (Å²) in [5.74, 6) is 0. The first-order chi connectivity index (χ1) is 33.2. The van der Waals surface area contributed by atoms with Gasteiger partial charge in [-0.2, -0.15) is 0 Å². The van der Waals surface area contributed by atoms with Crippen LogP contribution in [0.4, 0.5) is 17.1 Å². The molecule has 0 radical (unpaired) electrons. The average Bonchev–Trinajstić information content (AvgIpc) is 3.94. The van der Waals surface area contributed by atoms with Gasteiger partial charge in [0, 0.05) is 27.7 Å². The number of furan rings is 1. The Kier molecular flexibility index (Phi) is 9.11. The van der Waals surface area contributed by atoms with E-state index in [0.29, 0.717) is 0 Å². The molecule has 13 rings (SSSR count). The lowest BCUT2D eigenvalue weighted by Crippen LogP contribution is -2.28. The Morgan fingerprint density at radius 2 is 0.881 bits per heavy atom. The van der Waals surface area contributed by atoms with Crippen molar-refractivity contribution in [1.82, 2.24) is 0 Å². The van der Waals surface area contributed by atoms with Crippen molar-refractivity contribution in [3.05, 3.63) is 283 Å². The van der Waals surface area contributed by atoms with Crippen molar-refractivity contribution < 1.29 is 4.42 Å². The van der Waals surface area contributed by atoms with E-state index in [2.05, 4.69) is 266 Å². The monoisotopic (exact) mass is 853 g/mol. The van der Waals surface area contributed by atoms with Gasteiger partial charge in [0.2, 0.25) is 0 Å². The second-order valence-electron chi connectivity index (χ2n) is 17.6. The van der Waals surface area contributed by atoms with E-state index in [9.17, 15) is 0 Å². The quantitative estimate of drug-likeness (QED) is 0.151. The summed E-state index contributed by atoms with van der Waals surface area (Å²) in [5.41, 5.74) is 18.5. The van der Waals surface area contributed by atoms with Gasteiger partial charge in [-0.05, 0) is 121 Å². The molecule has 0 amide bonds. The van der Waals surface area contributed by atoms with Crippen LogP contribution in [-0.2, 0) is 5.41 Å². The van der Waals surface area contributed by atoms with E-state index in [-0.39, 0.29) is 0 Å². The third-order valence-electron chi connectivity index (χ3n) is 13.9. The van der Waals surface area contributed by atoms with Crippen molar-refractivity contribution in [2.45, 2.75) is 5.41 Å². The molecular weight excluding hydrogens is 811 g/mol. The molecule has 1 aliphatic rings. The largest absolute Gasteiger partial charge is 0.453 e. The predicted molar refractivity (Wildman–Crippen MR) is 280 cm³/mol. The van der Waals surface area contributed by atoms with Crippen LogP contribution in [-0.4, -0.2) is 0 Å². The molecular formula is C65H43NO. The summed E-state index contributed by atoms with van der Waals surface area (Å²) in [4.78, 5) is 2.40. The lowest BCUT2D eigenvalue weighted by molar-refractivity contribution is 0.670. The Balaban J connectivity index is 1.07. The van der Waals surface area contributed by atoms with Crippen molar-refractivity contribution in [1.29, 1.82) is 0 Å². The normalized spacial score (nSPS) is 12.6. The van der Waals surface area contributed by atoms with E-state index in [0.717, 1.165) is 61.3 Å². The molecule has 0 aliphatic heterocycles. The first-order valence-electron chi connectivity index (χ1n) is 23.1. The molecule has 2 heteroatoms. The lowest BCUT2D eigenvalue weighted by atomic mass is 9.67. The number of anilines is 3. The molecule has 0 unspecified atom stereocenters. The molecule has 12 aromatic rings. The fourth-order valence-electron chi connectivity index (χ4n) is 10.9. The summed E-state index contributed by atoms with van der Waals surface area (Å²) in [5, 5.41) is 4.61. The highest BCUT2D eigenvalue weighted by molar-refractivity contribution is 6.15. The van der Waals surface area contributed by atoms with Gasteiger partial charge in [0.25, 0.3) is 0 Å². The zero-order valence-electron chi connectivity index (χ0n) is 36.7. The fourth-order valence-corrected chi connectivity index (χ4v) is 10.9. The summed E-state index contributed by atoms with van der Waals surface area (Å²) in [7, 11) is 0. The average molecular weight is 854 g/mol. The first-order valence-corrected chi connectivity index (χ1v) is 23.1. The number of nitrogens with zero attached hydrogens (tertiary/aromatic N) is 1. The molecule has 0 fully saturated rings. The Labute approximate surface area is 390 Å². The molecule has 11 aromatic carbocycles. The molecule has 1 heterocycles. The molecule has 0 saturated heterocycles. The van der Waals surface area contributed by atoms with Crippen molar-refractivity contribution in [3.63, 3.8) is 0 Å². The second-order valence-corrected chi connectivity index (χ2v) is 17.6. The molecule has 1 aliphatic carbocycles. The van der Waals surface area contributed by atoms with Gasteiger partial charge in [-0.15, -0.1) is 0 Å². The second kappa shape index (κ2) is 15.8. The van der Waals surface area contributed by atoms with E-state index in [1.807, 2.05) is 0 Å². The maximum Gasteiger partial charge on any atom is 0.159 e. The molecule has 0 atom stereocenters. The number of para-hydroxylation sites is 1. The minimum Gasteiger partial charge on any atom is -0.453 e. The predicted octanol–water partition coefficient (Wildman–Crippen LogP) is 17.6. The highest BCUT2D eigenvalue weighted by Crippen LogP contribution is 2.57. The molecule has 1 aromatic heterocycles. The molecule has 67 heavy (non-hydrogen) atoms. The number of rotatable bonds is 8. The zero-order chi connectivity index (χ0) is 44.3. The van der Waals surface area contributed by atoms with Gasteiger partial charge in [0.1, 0.15) is 5.58 Å². The minimum atomic E-state index is -0.556. The Bertz CT molecular complexity index is 3740. The molecule has 0 bridgehead atoms. The first kappa shape index (κ1) is 38.7. The zero-order valence-corrected chi connectivity index (χ0v) is 36.7. The number of benzene rings is 11. The Hall–Kier alpha value is -8.72. The fraction of sp³-hybridized carbons (Fsp3) is 0.0154. The third kappa shape index (κ3) is 6.26. The van der Waals surface area contributed by atoms with Crippen LogP contribution in [0.15, 0.2) is 265 Å². The summed E-state index contributed by atoms with van der Waals surface area (Å²) < 4.78 is 7.30. The van der Waals surface area contributed by atoms with Crippen LogP contribution in [0.5, 0.6) is 0 Å². The van der Waals surface area contributed by atoms with Crippen molar-refractivity contribution in [2.75, 3.05) is 4.90 Å². The SMILES string of the molecule is c1ccc(-c2cc(-c3ccccc3)c3oc4c(N(c5ccc(-c6ccc7ccccc7c6)cc5)c5ccc6c(c5)C(c5ccccc5)(c5ccccc5)c5ccccc5-6)cccc4c3c2)cc1. The highest BCUT2D eigenvalue weighted by atomic mass is 16.3. The summed E-state index contributed by atoms with van der Waals surface area (Å²) >= 11 is 0. The van der Waals surface area contributed by atoms with Gasteiger partial charge in [0.15, 0.2) is 5.58 Å². The summed E-state index contributed by atoms with van der Waals surface area (Å²) in [6.07, 6.45) is 0. The molecule has 0 N–H and O–H groups in total. The Morgan fingerprint density at radius 1 is 0.299 bits per heavy atom. The maximum absolute atomic E-state index is 7.30. The van der Waals surface area contributed by atoms with Crippen LogP contribution >= 0.6 is 0 Å². The van der Waals surface area contributed by atoms with Gasteiger partial charge in [0.05, 0.1) is 11.1 Å². The number of fused-ring (bicyclic) bond motifs is 7. The van der Waals surface area contributed by atoms with Crippen LogP contribution in [0.2, 0.25) is 0 Å².